The van der Waals surface area contributed by atoms with Crippen LogP contribution in [0, 0.1) is 0 Å². The quantitative estimate of drug-likeness (QED) is 0.411. The molecular weight excluding hydrogens is 318 g/mol. The summed E-state index contributed by atoms with van der Waals surface area (Å²) in [6, 6.07) is 5.98. The number of aromatic nitrogens is 2. The number of methoxy groups -OCH3 is 2. The molecule has 0 atom stereocenters. The van der Waals surface area contributed by atoms with Crippen molar-refractivity contribution in [2.24, 2.45) is 4.99 Å². The van der Waals surface area contributed by atoms with Gasteiger partial charge in [-0.2, -0.15) is 0 Å². The van der Waals surface area contributed by atoms with Crippen LogP contribution >= 0.6 is 0 Å². The Morgan fingerprint density at radius 2 is 1.96 bits per heavy atom. The molecule has 0 saturated carbocycles. The Balaban J connectivity index is 1.70. The highest BCUT2D eigenvalue weighted by Crippen LogP contribution is 2.27. The largest absolute Gasteiger partial charge is 0.493 e. The first-order valence-electron chi connectivity index (χ1n) is 8.38. The molecule has 0 saturated heterocycles. The van der Waals surface area contributed by atoms with Crippen molar-refractivity contribution >= 4 is 5.96 Å². The third-order valence-electron chi connectivity index (χ3n) is 3.82. The summed E-state index contributed by atoms with van der Waals surface area (Å²) in [6.07, 6.45) is 7.47. The maximum Gasteiger partial charge on any atom is 0.190 e. The summed E-state index contributed by atoms with van der Waals surface area (Å²) in [7, 11) is 5.07. The fraction of sp³-hybridized carbons (Fsp3) is 0.444. The van der Waals surface area contributed by atoms with Gasteiger partial charge < -0.3 is 24.7 Å². The van der Waals surface area contributed by atoms with E-state index in [1.54, 1.807) is 27.5 Å². The topological polar surface area (TPSA) is 72.7 Å². The number of nitrogens with one attached hydrogen (secondary N) is 2. The van der Waals surface area contributed by atoms with Gasteiger partial charge in [0, 0.05) is 39.1 Å². The lowest BCUT2D eigenvalue weighted by Gasteiger charge is -2.13. The van der Waals surface area contributed by atoms with Crippen LogP contribution in [0.4, 0.5) is 0 Å². The van der Waals surface area contributed by atoms with Crippen LogP contribution in [0.2, 0.25) is 0 Å². The van der Waals surface area contributed by atoms with E-state index in [-0.39, 0.29) is 0 Å². The van der Waals surface area contributed by atoms with Gasteiger partial charge in [-0.3, -0.25) is 4.99 Å². The first-order valence-corrected chi connectivity index (χ1v) is 8.38. The number of aryl methyl sites for hydroxylation is 1. The molecule has 2 rings (SSSR count). The van der Waals surface area contributed by atoms with E-state index >= 15 is 0 Å². The average molecular weight is 345 g/mol. The first-order chi connectivity index (χ1) is 12.3. The molecule has 1 aromatic heterocycles. The number of ether oxygens (including phenoxy) is 2. The summed E-state index contributed by atoms with van der Waals surface area (Å²) < 4.78 is 12.7. The maximum absolute atomic E-state index is 5.33. The molecule has 136 valence electrons. The summed E-state index contributed by atoms with van der Waals surface area (Å²) in [5, 5.41) is 6.64. The minimum absolute atomic E-state index is 0.745. The van der Waals surface area contributed by atoms with Crippen molar-refractivity contribution < 1.29 is 9.47 Å². The lowest BCUT2D eigenvalue weighted by molar-refractivity contribution is 0.354. The molecule has 0 bridgehead atoms. The highest BCUT2D eigenvalue weighted by atomic mass is 16.5. The number of rotatable bonds is 9. The smallest absolute Gasteiger partial charge is 0.190 e. The standard InChI is InChI=1S/C18H27N5O2/c1-19-18(21-8-4-11-23-12-10-20-14-23)22-9-7-15-5-6-16(24-2)17(13-15)25-3/h5-6,10,12-14H,4,7-9,11H2,1-3H3,(H2,19,21,22). The Hall–Kier alpha value is -2.70. The van der Waals surface area contributed by atoms with Gasteiger partial charge in [0.05, 0.1) is 20.5 Å². The van der Waals surface area contributed by atoms with Crippen molar-refractivity contribution in [2.45, 2.75) is 19.4 Å². The molecule has 7 nitrogen and oxygen atoms in total. The lowest BCUT2D eigenvalue weighted by atomic mass is 10.1. The minimum atomic E-state index is 0.745. The molecule has 0 aliphatic rings. The lowest BCUT2D eigenvalue weighted by Crippen LogP contribution is -2.38. The highest BCUT2D eigenvalue weighted by molar-refractivity contribution is 5.79. The molecule has 0 spiro atoms. The van der Waals surface area contributed by atoms with Crippen molar-refractivity contribution in [1.29, 1.82) is 0 Å². The summed E-state index contributed by atoms with van der Waals surface area (Å²) in [4.78, 5) is 8.28. The zero-order valence-electron chi connectivity index (χ0n) is 15.2. The summed E-state index contributed by atoms with van der Waals surface area (Å²) in [6.45, 7) is 2.58. The molecule has 0 amide bonds. The van der Waals surface area contributed by atoms with Crippen molar-refractivity contribution in [3.8, 4) is 11.5 Å². The Morgan fingerprint density at radius 1 is 1.16 bits per heavy atom. The number of hydrogen-bond donors (Lipinski definition) is 2. The summed E-state index contributed by atoms with van der Waals surface area (Å²) in [5.74, 6) is 2.31. The first kappa shape index (κ1) is 18.6. The Bertz CT molecular complexity index is 655. The van der Waals surface area contributed by atoms with E-state index in [0.717, 1.165) is 49.9 Å². The van der Waals surface area contributed by atoms with Crippen LogP contribution in [0.3, 0.4) is 0 Å². The average Bonchev–Trinajstić information content (AvgIpc) is 3.16. The van der Waals surface area contributed by atoms with Gasteiger partial charge in [-0.25, -0.2) is 4.98 Å². The summed E-state index contributed by atoms with van der Waals surface area (Å²) in [5.41, 5.74) is 1.18. The third kappa shape index (κ3) is 6.02. The molecule has 0 radical (unpaired) electrons. The predicted molar refractivity (Wildman–Crippen MR) is 99.5 cm³/mol. The second-order valence-electron chi connectivity index (χ2n) is 5.52. The van der Waals surface area contributed by atoms with Crippen LogP contribution in [-0.4, -0.2) is 49.9 Å². The van der Waals surface area contributed by atoms with Crippen LogP contribution < -0.4 is 20.1 Å². The molecule has 1 heterocycles. The number of imidazole rings is 1. The van der Waals surface area contributed by atoms with Gasteiger partial charge >= 0.3 is 0 Å². The van der Waals surface area contributed by atoms with Crippen LogP contribution in [-0.2, 0) is 13.0 Å². The molecule has 7 heteroatoms. The number of benzene rings is 1. The molecule has 2 aromatic rings. The maximum atomic E-state index is 5.33. The van der Waals surface area contributed by atoms with Crippen molar-refractivity contribution in [3.63, 3.8) is 0 Å². The third-order valence-corrected chi connectivity index (χ3v) is 3.82. The van der Waals surface area contributed by atoms with Crippen LogP contribution in [0.5, 0.6) is 11.5 Å². The van der Waals surface area contributed by atoms with Crippen molar-refractivity contribution in [3.05, 3.63) is 42.5 Å². The van der Waals surface area contributed by atoms with E-state index < -0.39 is 0 Å². The Morgan fingerprint density at radius 3 is 2.64 bits per heavy atom. The number of aliphatic imine (C=N–C) groups is 1. The molecule has 2 N–H and O–H groups in total. The fourth-order valence-corrected chi connectivity index (χ4v) is 2.47. The van der Waals surface area contributed by atoms with Crippen LogP contribution in [0.25, 0.3) is 0 Å². The van der Waals surface area contributed by atoms with Gasteiger partial charge in [-0.05, 0) is 30.5 Å². The van der Waals surface area contributed by atoms with E-state index in [1.165, 1.54) is 5.56 Å². The highest BCUT2D eigenvalue weighted by Gasteiger charge is 2.05. The Labute approximate surface area is 149 Å². The second-order valence-corrected chi connectivity index (χ2v) is 5.52. The molecule has 1 aromatic carbocycles. The van der Waals surface area contributed by atoms with Gasteiger partial charge in [0.2, 0.25) is 0 Å². The molecule has 0 aliphatic carbocycles. The van der Waals surface area contributed by atoms with Gasteiger partial charge in [-0.1, -0.05) is 6.07 Å². The zero-order valence-corrected chi connectivity index (χ0v) is 15.2. The zero-order chi connectivity index (χ0) is 17.9. The molecule has 0 fully saturated rings. The Kier molecular flexibility index (Phi) is 7.62. The van der Waals surface area contributed by atoms with E-state index in [9.17, 15) is 0 Å². The van der Waals surface area contributed by atoms with E-state index in [1.807, 2.05) is 30.7 Å². The van der Waals surface area contributed by atoms with Gasteiger partial charge in [0.25, 0.3) is 0 Å². The van der Waals surface area contributed by atoms with Crippen molar-refractivity contribution in [2.75, 3.05) is 34.4 Å². The fourth-order valence-electron chi connectivity index (χ4n) is 2.47. The monoisotopic (exact) mass is 345 g/mol. The molecule has 0 unspecified atom stereocenters. The van der Waals surface area contributed by atoms with Crippen LogP contribution in [0.1, 0.15) is 12.0 Å². The molecule has 0 aliphatic heterocycles. The molecule has 25 heavy (non-hydrogen) atoms. The normalized spacial score (nSPS) is 11.2. The van der Waals surface area contributed by atoms with Gasteiger partial charge in [0.15, 0.2) is 17.5 Å². The summed E-state index contributed by atoms with van der Waals surface area (Å²) >= 11 is 0. The number of hydrogen-bond acceptors (Lipinski definition) is 4. The van der Waals surface area contributed by atoms with Crippen LogP contribution in [0.15, 0.2) is 41.9 Å². The van der Waals surface area contributed by atoms with Gasteiger partial charge in [-0.15, -0.1) is 0 Å². The predicted octanol–water partition coefficient (Wildman–Crippen LogP) is 1.70. The van der Waals surface area contributed by atoms with E-state index in [0.29, 0.717) is 0 Å². The number of guanidine groups is 1. The van der Waals surface area contributed by atoms with E-state index in [2.05, 4.69) is 25.2 Å². The van der Waals surface area contributed by atoms with Gasteiger partial charge in [0.1, 0.15) is 0 Å². The minimum Gasteiger partial charge on any atom is -0.493 e. The SMILES string of the molecule is CN=C(NCCCn1ccnc1)NCCc1ccc(OC)c(OC)c1. The second kappa shape index (κ2) is 10.2. The number of nitrogens with zero attached hydrogens (tertiary/aromatic N) is 3. The van der Waals surface area contributed by atoms with Crippen molar-refractivity contribution in [1.82, 2.24) is 20.2 Å². The van der Waals surface area contributed by atoms with E-state index in [4.69, 9.17) is 9.47 Å². The molecular formula is C18H27N5O2.